The summed E-state index contributed by atoms with van der Waals surface area (Å²) in [6.45, 7) is 3.80. The van der Waals surface area contributed by atoms with Crippen LogP contribution < -0.4 is 9.62 Å². The molecule has 1 atom stereocenters. The molecule has 0 bridgehead atoms. The van der Waals surface area contributed by atoms with E-state index in [1.165, 1.54) is 38.5 Å². The molecule has 7 heteroatoms. The van der Waals surface area contributed by atoms with Gasteiger partial charge in [-0.05, 0) is 37.8 Å². The zero-order chi connectivity index (χ0) is 25.2. The van der Waals surface area contributed by atoms with Crippen molar-refractivity contribution in [3.63, 3.8) is 0 Å². The van der Waals surface area contributed by atoms with Crippen LogP contribution in [0.4, 0.5) is 11.4 Å². The number of benzene rings is 1. The van der Waals surface area contributed by atoms with Crippen molar-refractivity contribution in [2.24, 2.45) is 0 Å². The molecule has 34 heavy (non-hydrogen) atoms. The van der Waals surface area contributed by atoms with E-state index in [0.717, 1.165) is 37.9 Å². The van der Waals surface area contributed by atoms with Crippen molar-refractivity contribution < 1.29 is 18.0 Å². The third-order valence-electron chi connectivity index (χ3n) is 7.19. The lowest BCUT2D eigenvalue weighted by Crippen LogP contribution is -2.43. The molecule has 1 aliphatic carbocycles. The van der Waals surface area contributed by atoms with E-state index >= 15 is 0 Å². The zero-order valence-electron chi connectivity index (χ0n) is 22.4. The normalized spacial score (nSPS) is 16.4. The van der Waals surface area contributed by atoms with Crippen LogP contribution in [0.15, 0.2) is 18.2 Å². The lowest BCUT2D eigenvalue weighted by molar-refractivity contribution is -0.894. The average Bonchev–Trinajstić information content (AvgIpc) is 2.78. The molecule has 0 radical (unpaired) electrons. The summed E-state index contributed by atoms with van der Waals surface area (Å²) in [4.78, 5) is 1.95. The highest BCUT2D eigenvalue weighted by molar-refractivity contribution is 7.93. The fourth-order valence-corrected chi connectivity index (χ4v) is 6.57. The van der Waals surface area contributed by atoms with Crippen molar-refractivity contribution >= 4 is 21.4 Å². The van der Waals surface area contributed by atoms with Gasteiger partial charge in [0.25, 0.3) is 0 Å². The first-order valence-electron chi connectivity index (χ1n) is 13.4. The number of quaternary nitrogens is 1. The number of nitrogens with one attached hydrogen (secondary N) is 1. The van der Waals surface area contributed by atoms with E-state index < -0.39 is 16.1 Å². The van der Waals surface area contributed by atoms with E-state index in [1.807, 2.05) is 37.2 Å². The number of hydrogen-bond donors (Lipinski definition) is 2. The van der Waals surface area contributed by atoms with Crippen LogP contribution in [0.1, 0.15) is 95.6 Å². The van der Waals surface area contributed by atoms with Crippen molar-refractivity contribution in [3.8, 4) is 0 Å². The van der Waals surface area contributed by atoms with Gasteiger partial charge in [-0.1, -0.05) is 64.4 Å². The summed E-state index contributed by atoms with van der Waals surface area (Å²) in [5.74, 6) is 0. The van der Waals surface area contributed by atoms with Crippen molar-refractivity contribution in [3.05, 3.63) is 23.8 Å². The summed E-state index contributed by atoms with van der Waals surface area (Å²) in [6, 6.07) is 5.69. The Morgan fingerprint density at radius 2 is 1.65 bits per heavy atom. The Bertz CT molecular complexity index is 834. The van der Waals surface area contributed by atoms with Crippen LogP contribution in [0.25, 0.3) is 0 Å². The molecule has 0 heterocycles. The van der Waals surface area contributed by atoms with E-state index in [0.29, 0.717) is 35.1 Å². The highest BCUT2D eigenvalue weighted by Crippen LogP contribution is 2.32. The Morgan fingerprint density at radius 3 is 2.26 bits per heavy atom. The molecule has 1 saturated carbocycles. The van der Waals surface area contributed by atoms with Gasteiger partial charge in [0, 0.05) is 25.3 Å². The largest absolute Gasteiger partial charge is 0.382 e. The minimum atomic E-state index is -3.49. The van der Waals surface area contributed by atoms with Gasteiger partial charge in [-0.3, -0.25) is 4.72 Å². The number of aliphatic hydroxyl groups excluding tert-OH is 1. The predicted molar refractivity (Wildman–Crippen MR) is 145 cm³/mol. The minimum absolute atomic E-state index is 0.348. The summed E-state index contributed by atoms with van der Waals surface area (Å²) in [7, 11) is 4.69. The zero-order valence-corrected chi connectivity index (χ0v) is 23.2. The van der Waals surface area contributed by atoms with Crippen LogP contribution in [0.3, 0.4) is 0 Å². The van der Waals surface area contributed by atoms with Crippen LogP contribution in [0.5, 0.6) is 0 Å². The summed E-state index contributed by atoms with van der Waals surface area (Å²) >= 11 is 0. The number of anilines is 2. The first-order valence-corrected chi connectivity index (χ1v) is 14.9. The van der Waals surface area contributed by atoms with E-state index in [9.17, 15) is 13.5 Å². The molecule has 0 aliphatic heterocycles. The lowest BCUT2D eigenvalue weighted by Gasteiger charge is -2.33. The van der Waals surface area contributed by atoms with Gasteiger partial charge in [0.05, 0.1) is 31.6 Å². The maximum Gasteiger partial charge on any atom is 0.235 e. The van der Waals surface area contributed by atoms with Gasteiger partial charge in [0.15, 0.2) is 0 Å². The highest BCUT2D eigenvalue weighted by atomic mass is 32.2. The number of sulfonamides is 1. The number of rotatable bonds is 15. The predicted octanol–water partition coefficient (Wildman–Crippen LogP) is 5.69. The molecular weight excluding hydrogens is 446 g/mol. The summed E-state index contributed by atoms with van der Waals surface area (Å²) < 4.78 is 29.9. The second-order valence-electron chi connectivity index (χ2n) is 11.1. The smallest absolute Gasteiger partial charge is 0.235 e. The van der Waals surface area contributed by atoms with Crippen LogP contribution in [-0.4, -0.2) is 64.5 Å². The van der Waals surface area contributed by atoms with Crippen molar-refractivity contribution in [1.82, 2.24) is 0 Å². The molecule has 0 saturated heterocycles. The maximum atomic E-state index is 13.2. The second kappa shape index (κ2) is 13.7. The lowest BCUT2D eigenvalue weighted by atomic mass is 10.0. The number of hydrogen-bond acceptors (Lipinski definition) is 4. The Balaban J connectivity index is 2.07. The molecule has 1 fully saturated rings. The molecule has 0 spiro atoms. The number of unbranched alkanes of at least 4 members (excludes halogenated alkanes) is 6. The minimum Gasteiger partial charge on any atom is -0.382 e. The fourth-order valence-electron chi connectivity index (χ4n) is 4.97. The van der Waals surface area contributed by atoms with E-state index in [1.54, 1.807) is 0 Å². The van der Waals surface area contributed by atoms with Crippen LogP contribution >= 0.6 is 0 Å². The summed E-state index contributed by atoms with van der Waals surface area (Å²) in [5, 5.41) is 10.9. The number of likely N-dealkylation sites (N-methyl/N-ethyl adjacent to an activating group) is 1. The Kier molecular flexibility index (Phi) is 11.6. The van der Waals surface area contributed by atoms with E-state index in [2.05, 4.69) is 25.7 Å². The summed E-state index contributed by atoms with van der Waals surface area (Å²) in [6.07, 6.45) is 12.6. The molecule has 1 aromatic rings. The second-order valence-corrected chi connectivity index (χ2v) is 13.0. The third kappa shape index (κ3) is 9.38. The SMILES string of the molecule is CCCCCCCCC[N+](C)(C)CC(O)c1ccc(N(C)C)cc1NS(=O)(=O)C1CCCCC1. The number of nitrogens with zero attached hydrogens (tertiary/aromatic N) is 2. The highest BCUT2D eigenvalue weighted by Gasteiger charge is 2.30. The average molecular weight is 497 g/mol. The van der Waals surface area contributed by atoms with Crippen molar-refractivity contribution in [2.45, 2.75) is 95.3 Å². The molecule has 0 aromatic heterocycles. The summed E-state index contributed by atoms with van der Waals surface area (Å²) in [5.41, 5.74) is 2.09. The Labute approximate surface area is 209 Å². The molecule has 2 rings (SSSR count). The quantitative estimate of drug-likeness (QED) is 0.242. The molecule has 1 aromatic carbocycles. The van der Waals surface area contributed by atoms with Crippen LogP contribution in [0, 0.1) is 0 Å². The number of aliphatic hydroxyl groups is 1. The van der Waals surface area contributed by atoms with Gasteiger partial charge >= 0.3 is 0 Å². The van der Waals surface area contributed by atoms with E-state index in [4.69, 9.17) is 0 Å². The van der Waals surface area contributed by atoms with Crippen molar-refractivity contribution in [2.75, 3.05) is 50.9 Å². The molecule has 196 valence electrons. The molecule has 0 amide bonds. The monoisotopic (exact) mass is 496 g/mol. The van der Waals surface area contributed by atoms with Crippen molar-refractivity contribution in [1.29, 1.82) is 0 Å². The molecule has 6 nitrogen and oxygen atoms in total. The Morgan fingerprint density at radius 1 is 1.03 bits per heavy atom. The third-order valence-corrected chi connectivity index (χ3v) is 9.04. The van der Waals surface area contributed by atoms with Gasteiger partial charge in [0.1, 0.15) is 12.6 Å². The van der Waals surface area contributed by atoms with Gasteiger partial charge in [-0.2, -0.15) is 0 Å². The molecule has 2 N–H and O–H groups in total. The molecular formula is C27H50N3O3S+. The first-order chi connectivity index (χ1) is 16.1. The van der Waals surface area contributed by atoms with Gasteiger partial charge in [0.2, 0.25) is 10.0 Å². The fraction of sp³-hybridized carbons (Fsp3) is 0.778. The molecule has 1 unspecified atom stereocenters. The first kappa shape index (κ1) is 28.9. The van der Waals surface area contributed by atoms with Crippen LogP contribution in [-0.2, 0) is 10.0 Å². The van der Waals surface area contributed by atoms with Crippen LogP contribution in [0.2, 0.25) is 0 Å². The topological polar surface area (TPSA) is 69.6 Å². The molecule has 1 aliphatic rings. The van der Waals surface area contributed by atoms with E-state index in [-0.39, 0.29) is 5.25 Å². The van der Waals surface area contributed by atoms with Gasteiger partial charge in [-0.25, -0.2) is 8.42 Å². The Hall–Kier alpha value is -1.31. The van der Waals surface area contributed by atoms with Gasteiger partial charge in [-0.15, -0.1) is 0 Å². The standard InChI is InChI=1S/C27H50N3O3S/c1-6-7-8-9-10-11-15-20-30(4,5)22-27(31)25-19-18-23(29(2)3)21-26(25)28-34(32,33)24-16-13-12-14-17-24/h18-19,21,24,27-28,31H,6-17,20,22H2,1-5H3/q+1. The maximum absolute atomic E-state index is 13.2. The van der Waals surface area contributed by atoms with Gasteiger partial charge < -0.3 is 14.5 Å².